The summed E-state index contributed by atoms with van der Waals surface area (Å²) in [5.41, 5.74) is -2.25. The van der Waals surface area contributed by atoms with E-state index in [9.17, 15) is 18.0 Å². The topological polar surface area (TPSA) is 41.1 Å². The van der Waals surface area contributed by atoms with E-state index >= 15 is 0 Å². The van der Waals surface area contributed by atoms with Gasteiger partial charge < -0.3 is 10.6 Å². The third kappa shape index (κ3) is 3.32. The average molecular weight is 284 g/mol. The summed E-state index contributed by atoms with van der Waals surface area (Å²) in [6.07, 6.45) is -2.09. The largest absolute Gasteiger partial charge is 0.404 e. The highest BCUT2D eigenvalue weighted by atomic mass is 32.2. The molecule has 0 aromatic rings. The van der Waals surface area contributed by atoms with Crippen molar-refractivity contribution < 1.29 is 18.0 Å². The van der Waals surface area contributed by atoms with Crippen molar-refractivity contribution in [3.63, 3.8) is 0 Å². The fourth-order valence-corrected chi connectivity index (χ4v) is 2.57. The summed E-state index contributed by atoms with van der Waals surface area (Å²) in [5.74, 6) is -0.0766. The summed E-state index contributed by atoms with van der Waals surface area (Å²) in [6, 6.07) is -0.232. The van der Waals surface area contributed by atoms with Crippen LogP contribution in [0.15, 0.2) is 0 Å². The minimum atomic E-state index is -4.50. The summed E-state index contributed by atoms with van der Waals surface area (Å²) in [4.78, 5) is 11.9. The molecule has 1 saturated heterocycles. The van der Waals surface area contributed by atoms with Crippen LogP contribution in [0.3, 0.4) is 0 Å². The molecule has 1 amide bonds. The second-order valence-electron chi connectivity index (χ2n) is 4.66. The lowest BCUT2D eigenvalue weighted by Crippen LogP contribution is -2.54. The maximum atomic E-state index is 13.1. The van der Waals surface area contributed by atoms with E-state index in [0.29, 0.717) is 6.42 Å². The second kappa shape index (κ2) is 6.14. The van der Waals surface area contributed by atoms with Gasteiger partial charge in [0, 0.05) is 12.6 Å². The maximum absolute atomic E-state index is 13.1. The number of thioether (sulfide) groups is 1. The van der Waals surface area contributed by atoms with Gasteiger partial charge in [0.15, 0.2) is 5.41 Å². The van der Waals surface area contributed by atoms with Crippen LogP contribution in [0.4, 0.5) is 13.2 Å². The molecule has 2 unspecified atom stereocenters. The Morgan fingerprint density at radius 2 is 2.22 bits per heavy atom. The number of nitrogens with one attached hydrogen (secondary N) is 2. The Labute approximate surface area is 109 Å². The standard InChI is InChI=1S/C11H19F3N2OS/c1-8(3-6-18-2)16-9(17)10(11(12,13)14)4-5-15-7-10/h8,15H,3-7H2,1-2H3,(H,16,17). The average Bonchev–Trinajstić information content (AvgIpc) is 2.75. The highest BCUT2D eigenvalue weighted by molar-refractivity contribution is 7.98. The lowest BCUT2D eigenvalue weighted by atomic mass is 9.85. The lowest BCUT2D eigenvalue weighted by Gasteiger charge is -2.30. The van der Waals surface area contributed by atoms with E-state index in [1.807, 2.05) is 6.26 Å². The lowest BCUT2D eigenvalue weighted by molar-refractivity contribution is -0.216. The highest BCUT2D eigenvalue weighted by Gasteiger charge is 2.61. The van der Waals surface area contributed by atoms with Crippen LogP contribution >= 0.6 is 11.8 Å². The predicted octanol–water partition coefficient (Wildman–Crippen LogP) is 1.79. The van der Waals surface area contributed by atoms with Crippen LogP contribution in [-0.2, 0) is 4.79 Å². The van der Waals surface area contributed by atoms with Gasteiger partial charge in [0.25, 0.3) is 0 Å². The first-order chi connectivity index (χ1) is 8.33. The smallest absolute Gasteiger partial charge is 0.353 e. The van der Waals surface area contributed by atoms with Crippen molar-refractivity contribution in [2.45, 2.75) is 32.0 Å². The molecular formula is C11H19F3N2OS. The molecular weight excluding hydrogens is 265 g/mol. The molecule has 1 heterocycles. The van der Waals surface area contributed by atoms with Gasteiger partial charge in [-0.05, 0) is 38.3 Å². The molecule has 0 saturated carbocycles. The van der Waals surface area contributed by atoms with E-state index in [-0.39, 0.29) is 25.6 Å². The Hall–Kier alpha value is -0.430. The molecule has 0 aliphatic carbocycles. The van der Waals surface area contributed by atoms with Gasteiger partial charge in [-0.25, -0.2) is 0 Å². The van der Waals surface area contributed by atoms with E-state index in [0.717, 1.165) is 5.75 Å². The van der Waals surface area contributed by atoms with Gasteiger partial charge in [-0.15, -0.1) is 0 Å². The molecule has 2 N–H and O–H groups in total. The zero-order valence-corrected chi connectivity index (χ0v) is 11.4. The molecule has 0 spiro atoms. The van der Waals surface area contributed by atoms with Crippen molar-refractivity contribution in [1.29, 1.82) is 0 Å². The first kappa shape index (κ1) is 15.6. The van der Waals surface area contributed by atoms with E-state index in [1.54, 1.807) is 18.7 Å². The number of carbonyl (C=O) groups is 1. The Balaban J connectivity index is 2.67. The molecule has 0 aromatic heterocycles. The van der Waals surface area contributed by atoms with Gasteiger partial charge in [-0.3, -0.25) is 4.79 Å². The van der Waals surface area contributed by atoms with Gasteiger partial charge in [0.2, 0.25) is 5.91 Å². The second-order valence-corrected chi connectivity index (χ2v) is 5.65. The normalized spacial score (nSPS) is 26.1. The molecule has 0 radical (unpaired) electrons. The fourth-order valence-electron chi connectivity index (χ4n) is 1.99. The van der Waals surface area contributed by atoms with Crippen molar-refractivity contribution in [1.82, 2.24) is 10.6 Å². The Kier molecular flexibility index (Phi) is 5.33. The van der Waals surface area contributed by atoms with Gasteiger partial charge in [0.05, 0.1) is 0 Å². The van der Waals surface area contributed by atoms with Gasteiger partial charge in [-0.2, -0.15) is 24.9 Å². The highest BCUT2D eigenvalue weighted by Crippen LogP contribution is 2.43. The number of rotatable bonds is 5. The summed E-state index contributed by atoms with van der Waals surface area (Å²) in [5, 5.41) is 5.12. The summed E-state index contributed by atoms with van der Waals surface area (Å²) in [6.45, 7) is 1.64. The summed E-state index contributed by atoms with van der Waals surface area (Å²) in [7, 11) is 0. The zero-order chi connectivity index (χ0) is 13.8. The van der Waals surface area contributed by atoms with Crippen LogP contribution in [0.5, 0.6) is 0 Å². The number of halogens is 3. The molecule has 7 heteroatoms. The molecule has 0 bridgehead atoms. The third-order valence-electron chi connectivity index (χ3n) is 3.27. The summed E-state index contributed by atoms with van der Waals surface area (Å²) >= 11 is 1.61. The molecule has 1 aliphatic rings. The van der Waals surface area contributed by atoms with Crippen molar-refractivity contribution in [3.8, 4) is 0 Å². The van der Waals surface area contributed by atoms with Crippen molar-refractivity contribution in [3.05, 3.63) is 0 Å². The predicted molar refractivity (Wildman–Crippen MR) is 66.6 cm³/mol. The van der Waals surface area contributed by atoms with Gasteiger partial charge >= 0.3 is 6.18 Å². The Morgan fingerprint density at radius 3 is 2.67 bits per heavy atom. The van der Waals surface area contributed by atoms with Gasteiger partial charge in [-0.1, -0.05) is 0 Å². The van der Waals surface area contributed by atoms with Crippen LogP contribution < -0.4 is 10.6 Å². The minimum Gasteiger partial charge on any atom is -0.353 e. The van der Waals surface area contributed by atoms with Crippen LogP contribution in [0.25, 0.3) is 0 Å². The quantitative estimate of drug-likeness (QED) is 0.808. The van der Waals surface area contributed by atoms with E-state index in [4.69, 9.17) is 0 Å². The SMILES string of the molecule is CSCCC(C)NC(=O)C1(C(F)(F)F)CCNC1. The monoisotopic (exact) mass is 284 g/mol. The molecule has 1 rings (SSSR count). The molecule has 106 valence electrons. The number of hydrogen-bond donors (Lipinski definition) is 2. The number of amides is 1. The molecule has 1 aliphatic heterocycles. The number of alkyl halides is 3. The summed E-state index contributed by atoms with van der Waals surface area (Å²) < 4.78 is 39.2. The van der Waals surface area contributed by atoms with Crippen molar-refractivity contribution in [2.75, 3.05) is 25.1 Å². The molecule has 3 nitrogen and oxygen atoms in total. The van der Waals surface area contributed by atoms with E-state index in [2.05, 4.69) is 10.6 Å². The Morgan fingerprint density at radius 1 is 1.56 bits per heavy atom. The molecule has 2 atom stereocenters. The molecule has 0 aromatic carbocycles. The van der Waals surface area contributed by atoms with Crippen molar-refractivity contribution in [2.24, 2.45) is 5.41 Å². The number of hydrogen-bond acceptors (Lipinski definition) is 3. The van der Waals surface area contributed by atoms with Crippen LogP contribution in [0.2, 0.25) is 0 Å². The zero-order valence-electron chi connectivity index (χ0n) is 10.6. The van der Waals surface area contributed by atoms with Gasteiger partial charge in [0.1, 0.15) is 0 Å². The van der Waals surface area contributed by atoms with Crippen LogP contribution in [0, 0.1) is 5.41 Å². The number of carbonyl (C=O) groups excluding carboxylic acids is 1. The molecule has 18 heavy (non-hydrogen) atoms. The first-order valence-corrected chi connectivity index (χ1v) is 7.30. The fraction of sp³-hybridized carbons (Fsp3) is 0.909. The first-order valence-electron chi connectivity index (χ1n) is 5.91. The third-order valence-corrected chi connectivity index (χ3v) is 3.91. The maximum Gasteiger partial charge on any atom is 0.404 e. The van der Waals surface area contributed by atoms with Crippen LogP contribution in [0.1, 0.15) is 19.8 Å². The molecule has 1 fully saturated rings. The Bertz CT molecular complexity index is 291. The van der Waals surface area contributed by atoms with E-state index in [1.165, 1.54) is 0 Å². The van der Waals surface area contributed by atoms with E-state index < -0.39 is 17.5 Å². The van der Waals surface area contributed by atoms with Crippen molar-refractivity contribution >= 4 is 17.7 Å². The van der Waals surface area contributed by atoms with Crippen LogP contribution in [-0.4, -0.2) is 43.2 Å². The minimum absolute atomic E-state index is 0.183.